The Hall–Kier alpha value is -3.72. The van der Waals surface area contributed by atoms with Gasteiger partial charge in [-0.2, -0.15) is 10.2 Å². The number of hydrogen-bond acceptors (Lipinski definition) is 7. The first-order chi connectivity index (χ1) is 17.0. The van der Waals surface area contributed by atoms with Gasteiger partial charge < -0.3 is 20.1 Å². The van der Waals surface area contributed by atoms with E-state index in [4.69, 9.17) is 9.84 Å². The van der Waals surface area contributed by atoms with Gasteiger partial charge in [0.05, 0.1) is 23.4 Å². The highest BCUT2D eigenvalue weighted by Crippen LogP contribution is 2.32. The summed E-state index contributed by atoms with van der Waals surface area (Å²) in [5.41, 5.74) is 3.51. The number of nitrogens with one attached hydrogen (secondary N) is 1. The molecule has 5 rings (SSSR count). The van der Waals surface area contributed by atoms with Crippen LogP contribution in [0.5, 0.6) is 11.5 Å². The lowest BCUT2D eigenvalue weighted by molar-refractivity contribution is 0.338. The van der Waals surface area contributed by atoms with Crippen LogP contribution in [0.3, 0.4) is 0 Å². The van der Waals surface area contributed by atoms with Gasteiger partial charge in [0.25, 0.3) is 0 Å². The molecule has 2 aromatic heterocycles. The Morgan fingerprint density at radius 3 is 2.77 bits per heavy atom. The maximum absolute atomic E-state index is 15.0. The number of ether oxygens (including phenoxy) is 1. The molecule has 4 aromatic rings. The zero-order valence-corrected chi connectivity index (χ0v) is 20.1. The lowest BCUT2D eigenvalue weighted by atomic mass is 10.2. The Bertz CT molecular complexity index is 1370. The molecule has 0 bridgehead atoms. The van der Waals surface area contributed by atoms with Crippen molar-refractivity contribution in [3.05, 3.63) is 65.2 Å². The number of phenolic OH excluding ortho intramolecular Hbond substituents is 1. The lowest BCUT2D eigenvalue weighted by Gasteiger charge is -2.18. The molecule has 0 aliphatic carbocycles. The van der Waals surface area contributed by atoms with Gasteiger partial charge in [-0.25, -0.2) is 9.07 Å². The number of hydrogen-bond donors (Lipinski definition) is 2. The van der Waals surface area contributed by atoms with Crippen molar-refractivity contribution in [1.29, 1.82) is 0 Å². The number of aryl methyl sites for hydroxylation is 2. The van der Waals surface area contributed by atoms with Gasteiger partial charge in [-0.05, 0) is 45.4 Å². The van der Waals surface area contributed by atoms with Gasteiger partial charge in [0.2, 0.25) is 0 Å². The minimum Gasteiger partial charge on any atom is -0.508 e. The molecule has 182 valence electrons. The van der Waals surface area contributed by atoms with Gasteiger partial charge in [-0.15, -0.1) is 5.10 Å². The molecule has 1 aliphatic heterocycles. The van der Waals surface area contributed by atoms with Crippen LogP contribution in [0.4, 0.5) is 10.2 Å². The normalized spacial score (nSPS) is 15.8. The van der Waals surface area contributed by atoms with Crippen molar-refractivity contribution in [1.82, 2.24) is 25.3 Å². The molecule has 0 saturated carbocycles. The molecule has 8 nitrogen and oxygen atoms in total. The fraction of sp³-hybridized carbons (Fsp3) is 0.346. The summed E-state index contributed by atoms with van der Waals surface area (Å²) in [6.07, 6.45) is 0.928. The summed E-state index contributed by atoms with van der Waals surface area (Å²) in [7, 11) is 0. The molecule has 1 fully saturated rings. The number of para-hydroxylation sites is 1. The van der Waals surface area contributed by atoms with Crippen LogP contribution < -0.4 is 15.0 Å². The smallest absolute Gasteiger partial charge is 0.179 e. The Morgan fingerprint density at radius 1 is 1.17 bits per heavy atom. The average molecular weight is 477 g/mol. The van der Waals surface area contributed by atoms with E-state index in [1.165, 1.54) is 6.07 Å². The number of anilines is 1. The first-order valence-corrected chi connectivity index (χ1v) is 11.9. The largest absolute Gasteiger partial charge is 0.508 e. The van der Waals surface area contributed by atoms with E-state index in [9.17, 15) is 9.50 Å². The molecule has 0 spiro atoms. The second-order valence-corrected chi connectivity index (χ2v) is 8.82. The highest BCUT2D eigenvalue weighted by Gasteiger charge is 2.28. The summed E-state index contributed by atoms with van der Waals surface area (Å²) in [5, 5.41) is 28.1. The van der Waals surface area contributed by atoms with Gasteiger partial charge in [-0.3, -0.25) is 0 Å². The third-order valence-electron chi connectivity index (χ3n) is 6.50. The van der Waals surface area contributed by atoms with Gasteiger partial charge in [0.15, 0.2) is 11.6 Å². The molecule has 1 atom stereocenters. The van der Waals surface area contributed by atoms with Crippen molar-refractivity contribution < 1.29 is 14.2 Å². The van der Waals surface area contributed by atoms with E-state index in [-0.39, 0.29) is 6.04 Å². The van der Waals surface area contributed by atoms with E-state index < -0.39 is 5.82 Å². The van der Waals surface area contributed by atoms with Gasteiger partial charge in [0.1, 0.15) is 22.7 Å². The molecule has 3 heterocycles. The minimum atomic E-state index is -0.401. The zero-order chi connectivity index (χ0) is 24.5. The zero-order valence-electron chi connectivity index (χ0n) is 20.1. The molecular weight excluding hydrogens is 447 g/mol. The molecule has 35 heavy (non-hydrogen) atoms. The van der Waals surface area contributed by atoms with Crippen molar-refractivity contribution in [3.63, 3.8) is 0 Å². The monoisotopic (exact) mass is 476 g/mol. The number of benzene rings is 2. The van der Waals surface area contributed by atoms with E-state index in [2.05, 4.69) is 20.4 Å². The van der Waals surface area contributed by atoms with Crippen LogP contribution in [-0.2, 0) is 6.54 Å². The number of aromatic hydroxyl groups is 1. The number of nitrogens with zero attached hydrogens (tertiary/aromatic N) is 5. The Kier molecular flexibility index (Phi) is 6.25. The SMILES string of the molecule is CCOc1ccc(-n2nc3c(N4CC[C@H](NCc5ccccc5O)C4)nnc(C)c3c2C)c(F)c1. The van der Waals surface area contributed by atoms with Crippen LogP contribution in [0.15, 0.2) is 42.5 Å². The van der Waals surface area contributed by atoms with E-state index in [0.29, 0.717) is 41.7 Å². The Morgan fingerprint density at radius 2 is 2.00 bits per heavy atom. The maximum Gasteiger partial charge on any atom is 0.179 e. The van der Waals surface area contributed by atoms with Gasteiger partial charge in [0, 0.05) is 37.3 Å². The fourth-order valence-corrected chi connectivity index (χ4v) is 4.71. The van der Waals surface area contributed by atoms with Crippen LogP contribution in [0.25, 0.3) is 16.6 Å². The Balaban J connectivity index is 1.42. The summed E-state index contributed by atoms with van der Waals surface area (Å²) < 4.78 is 22.0. The number of fused-ring (bicyclic) bond motifs is 1. The van der Waals surface area contributed by atoms with Crippen molar-refractivity contribution in [2.75, 3.05) is 24.6 Å². The maximum atomic E-state index is 15.0. The van der Waals surface area contributed by atoms with Crippen molar-refractivity contribution in [3.8, 4) is 17.2 Å². The predicted molar refractivity (Wildman–Crippen MR) is 133 cm³/mol. The molecule has 1 aliphatic rings. The lowest BCUT2D eigenvalue weighted by Crippen LogP contribution is -2.32. The second kappa shape index (κ2) is 9.50. The highest BCUT2D eigenvalue weighted by molar-refractivity contribution is 5.92. The number of aromatic nitrogens is 4. The topological polar surface area (TPSA) is 88.3 Å². The molecule has 0 unspecified atom stereocenters. The number of rotatable bonds is 7. The molecule has 0 amide bonds. The molecule has 0 radical (unpaired) electrons. The van der Waals surface area contributed by atoms with Crippen LogP contribution in [0.1, 0.15) is 30.3 Å². The van der Waals surface area contributed by atoms with Crippen molar-refractivity contribution in [2.24, 2.45) is 0 Å². The van der Waals surface area contributed by atoms with Gasteiger partial charge in [-0.1, -0.05) is 18.2 Å². The summed E-state index contributed by atoms with van der Waals surface area (Å²) in [5.74, 6) is 1.08. The number of phenols is 1. The van der Waals surface area contributed by atoms with E-state index in [0.717, 1.165) is 41.8 Å². The van der Waals surface area contributed by atoms with Crippen LogP contribution >= 0.6 is 0 Å². The van der Waals surface area contributed by atoms with Crippen LogP contribution in [0.2, 0.25) is 0 Å². The molecule has 2 N–H and O–H groups in total. The standard InChI is InChI=1S/C26H29FN6O2/c1-4-35-20-9-10-22(21(27)13-20)33-17(3)24-16(2)29-30-26(25(24)31-33)32-12-11-19(15-32)28-14-18-7-5-6-8-23(18)34/h5-10,13,19,28,34H,4,11-12,14-15H2,1-3H3/t19-/m0/s1. The van der Waals surface area contributed by atoms with E-state index >= 15 is 0 Å². The molecule has 1 saturated heterocycles. The quantitative estimate of drug-likeness (QED) is 0.416. The van der Waals surface area contributed by atoms with E-state index in [1.807, 2.05) is 39.0 Å². The second-order valence-electron chi connectivity index (χ2n) is 8.82. The summed E-state index contributed by atoms with van der Waals surface area (Å²) in [6.45, 7) is 8.28. The Labute approximate surface area is 203 Å². The molecule has 2 aromatic carbocycles. The highest BCUT2D eigenvalue weighted by atomic mass is 19.1. The molecule has 9 heteroatoms. The molecular formula is C26H29FN6O2. The van der Waals surface area contributed by atoms with Crippen molar-refractivity contribution >= 4 is 16.7 Å². The minimum absolute atomic E-state index is 0.236. The van der Waals surface area contributed by atoms with Gasteiger partial charge >= 0.3 is 0 Å². The summed E-state index contributed by atoms with van der Waals surface area (Å²) in [4.78, 5) is 2.17. The summed E-state index contributed by atoms with van der Waals surface area (Å²) in [6, 6.07) is 12.4. The third kappa shape index (κ3) is 4.39. The van der Waals surface area contributed by atoms with Crippen LogP contribution in [0, 0.1) is 19.7 Å². The van der Waals surface area contributed by atoms with Crippen molar-refractivity contribution in [2.45, 2.75) is 39.8 Å². The van der Waals surface area contributed by atoms with Crippen LogP contribution in [-0.4, -0.2) is 50.8 Å². The number of halogens is 1. The third-order valence-corrected chi connectivity index (χ3v) is 6.50. The predicted octanol–water partition coefficient (Wildman–Crippen LogP) is 4.04. The fourth-order valence-electron chi connectivity index (χ4n) is 4.71. The first kappa shape index (κ1) is 23.0. The average Bonchev–Trinajstić information content (AvgIpc) is 3.45. The van der Waals surface area contributed by atoms with E-state index in [1.54, 1.807) is 22.9 Å². The first-order valence-electron chi connectivity index (χ1n) is 11.9. The summed E-state index contributed by atoms with van der Waals surface area (Å²) >= 11 is 0.